The molecular formula is C9H11F2NO2. The number of ether oxygens (including phenoxy) is 1. The summed E-state index contributed by atoms with van der Waals surface area (Å²) >= 11 is 0. The minimum absolute atomic E-state index is 0.0309. The molecule has 0 spiro atoms. The molecule has 0 fully saturated rings. The smallest absolute Gasteiger partial charge is 0.267 e. The van der Waals surface area contributed by atoms with E-state index < -0.39 is 6.43 Å². The van der Waals surface area contributed by atoms with Gasteiger partial charge in [-0.3, -0.25) is 0 Å². The Kier molecular flexibility index (Phi) is 3.79. The zero-order valence-corrected chi connectivity index (χ0v) is 7.63. The monoisotopic (exact) mass is 203 g/mol. The van der Waals surface area contributed by atoms with Crippen LogP contribution in [0.5, 0.6) is 5.75 Å². The number of benzene rings is 1. The predicted molar refractivity (Wildman–Crippen MR) is 46.6 cm³/mol. The standard InChI is InChI=1S/C9H11F2NO2/c1-14-7-4-2-3-6(5-12-13)8(7)9(10)11/h2-4,9,12-13H,5H2,1H3. The maximum absolute atomic E-state index is 12.6. The van der Waals surface area contributed by atoms with Crippen LogP contribution < -0.4 is 10.2 Å². The number of hydrogen-bond acceptors (Lipinski definition) is 3. The SMILES string of the molecule is COc1cccc(CNO)c1C(F)F. The molecular weight excluding hydrogens is 192 g/mol. The lowest BCUT2D eigenvalue weighted by Crippen LogP contribution is -2.09. The molecule has 14 heavy (non-hydrogen) atoms. The Labute approximate surface area is 80.3 Å². The molecule has 0 saturated heterocycles. The van der Waals surface area contributed by atoms with Gasteiger partial charge in [-0.2, -0.15) is 0 Å². The summed E-state index contributed by atoms with van der Waals surface area (Å²) in [5, 5.41) is 8.45. The van der Waals surface area contributed by atoms with Crippen molar-refractivity contribution in [3.05, 3.63) is 29.3 Å². The molecule has 2 N–H and O–H groups in total. The zero-order valence-electron chi connectivity index (χ0n) is 7.63. The van der Waals surface area contributed by atoms with Crippen LogP contribution in [0, 0.1) is 0 Å². The maximum Gasteiger partial charge on any atom is 0.267 e. The van der Waals surface area contributed by atoms with E-state index in [-0.39, 0.29) is 17.9 Å². The average Bonchev–Trinajstić information content (AvgIpc) is 2.17. The summed E-state index contributed by atoms with van der Waals surface area (Å²) in [7, 11) is 1.33. The van der Waals surface area contributed by atoms with Crippen molar-refractivity contribution in [1.82, 2.24) is 5.48 Å². The van der Waals surface area contributed by atoms with Gasteiger partial charge in [-0.15, -0.1) is 0 Å². The Morgan fingerprint density at radius 3 is 2.71 bits per heavy atom. The average molecular weight is 203 g/mol. The molecule has 5 heteroatoms. The molecule has 0 heterocycles. The molecule has 0 unspecified atom stereocenters. The molecule has 0 aromatic heterocycles. The van der Waals surface area contributed by atoms with Crippen molar-refractivity contribution in [3.8, 4) is 5.75 Å². The summed E-state index contributed by atoms with van der Waals surface area (Å²) in [6, 6.07) is 4.56. The largest absolute Gasteiger partial charge is 0.496 e. The molecule has 1 rings (SSSR count). The highest BCUT2D eigenvalue weighted by Crippen LogP contribution is 2.31. The Hall–Kier alpha value is -1.20. The lowest BCUT2D eigenvalue weighted by atomic mass is 10.1. The first-order valence-corrected chi connectivity index (χ1v) is 4.01. The quantitative estimate of drug-likeness (QED) is 0.736. The van der Waals surface area contributed by atoms with Gasteiger partial charge in [0.05, 0.1) is 12.7 Å². The molecule has 0 amide bonds. The number of nitrogens with one attached hydrogen (secondary N) is 1. The van der Waals surface area contributed by atoms with Crippen molar-refractivity contribution in [2.24, 2.45) is 0 Å². The molecule has 0 aliphatic heterocycles. The number of halogens is 2. The minimum atomic E-state index is -2.62. The molecule has 78 valence electrons. The highest BCUT2D eigenvalue weighted by Gasteiger charge is 2.17. The molecule has 1 aromatic carbocycles. The summed E-state index contributed by atoms with van der Waals surface area (Å²) in [6.07, 6.45) is -2.62. The molecule has 1 aromatic rings. The number of rotatable bonds is 4. The summed E-state index contributed by atoms with van der Waals surface area (Å²) in [5.74, 6) is 0.132. The molecule has 0 atom stereocenters. The normalized spacial score (nSPS) is 10.6. The van der Waals surface area contributed by atoms with Crippen molar-refractivity contribution in [2.45, 2.75) is 13.0 Å². The van der Waals surface area contributed by atoms with Crippen LogP contribution in [0.1, 0.15) is 17.6 Å². The van der Waals surface area contributed by atoms with Gasteiger partial charge in [0.15, 0.2) is 0 Å². The van der Waals surface area contributed by atoms with Crippen molar-refractivity contribution in [2.75, 3.05) is 7.11 Å². The van der Waals surface area contributed by atoms with Crippen LogP contribution in [0.2, 0.25) is 0 Å². The highest BCUT2D eigenvalue weighted by atomic mass is 19.3. The van der Waals surface area contributed by atoms with Gasteiger partial charge in [0.1, 0.15) is 5.75 Å². The van der Waals surface area contributed by atoms with Gasteiger partial charge in [-0.25, -0.2) is 14.3 Å². The third kappa shape index (κ3) is 2.18. The van der Waals surface area contributed by atoms with E-state index in [9.17, 15) is 8.78 Å². The fourth-order valence-electron chi connectivity index (χ4n) is 1.25. The molecule has 3 nitrogen and oxygen atoms in total. The summed E-state index contributed by atoms with van der Waals surface area (Å²) in [5.41, 5.74) is 1.98. The van der Waals surface area contributed by atoms with E-state index in [4.69, 9.17) is 9.94 Å². The lowest BCUT2D eigenvalue weighted by molar-refractivity contribution is 0.138. The molecule has 0 saturated carbocycles. The summed E-state index contributed by atoms with van der Waals surface area (Å²) in [4.78, 5) is 0. The van der Waals surface area contributed by atoms with Gasteiger partial charge in [0, 0.05) is 6.54 Å². The summed E-state index contributed by atoms with van der Waals surface area (Å²) in [6.45, 7) is -0.0309. The molecule has 0 aliphatic carbocycles. The minimum Gasteiger partial charge on any atom is -0.496 e. The number of alkyl halides is 2. The van der Waals surface area contributed by atoms with Gasteiger partial charge in [-0.05, 0) is 11.6 Å². The van der Waals surface area contributed by atoms with E-state index in [2.05, 4.69) is 0 Å². The van der Waals surface area contributed by atoms with Gasteiger partial charge < -0.3 is 9.94 Å². The number of hydroxylamine groups is 1. The van der Waals surface area contributed by atoms with Crippen molar-refractivity contribution in [1.29, 1.82) is 0 Å². The number of hydrogen-bond donors (Lipinski definition) is 2. The first-order chi connectivity index (χ1) is 6.70. The first kappa shape index (κ1) is 10.9. The second-order valence-electron chi connectivity index (χ2n) is 2.67. The predicted octanol–water partition coefficient (Wildman–Crippen LogP) is 2.11. The van der Waals surface area contributed by atoms with Crippen LogP contribution in [-0.4, -0.2) is 12.3 Å². The van der Waals surface area contributed by atoms with Gasteiger partial charge in [0.2, 0.25) is 0 Å². The number of methoxy groups -OCH3 is 1. The van der Waals surface area contributed by atoms with Crippen LogP contribution in [0.4, 0.5) is 8.78 Å². The first-order valence-electron chi connectivity index (χ1n) is 4.01. The Morgan fingerprint density at radius 1 is 1.50 bits per heavy atom. The van der Waals surface area contributed by atoms with Gasteiger partial charge >= 0.3 is 0 Å². The molecule has 0 aliphatic rings. The van der Waals surface area contributed by atoms with E-state index in [0.29, 0.717) is 5.56 Å². The second kappa shape index (κ2) is 4.88. The second-order valence-corrected chi connectivity index (χ2v) is 2.67. The van der Waals surface area contributed by atoms with E-state index in [0.717, 1.165) is 0 Å². The van der Waals surface area contributed by atoms with Crippen LogP contribution >= 0.6 is 0 Å². The van der Waals surface area contributed by atoms with Crippen molar-refractivity contribution in [3.63, 3.8) is 0 Å². The van der Waals surface area contributed by atoms with Crippen molar-refractivity contribution < 1.29 is 18.7 Å². The lowest BCUT2D eigenvalue weighted by Gasteiger charge is -2.12. The van der Waals surface area contributed by atoms with Crippen molar-refractivity contribution >= 4 is 0 Å². The third-order valence-corrected chi connectivity index (χ3v) is 1.86. The fraction of sp³-hybridized carbons (Fsp3) is 0.333. The fourth-order valence-corrected chi connectivity index (χ4v) is 1.25. The maximum atomic E-state index is 12.6. The van der Waals surface area contributed by atoms with Crippen LogP contribution in [0.3, 0.4) is 0 Å². The van der Waals surface area contributed by atoms with E-state index in [1.54, 1.807) is 6.07 Å². The van der Waals surface area contributed by atoms with Gasteiger partial charge in [-0.1, -0.05) is 12.1 Å². The van der Waals surface area contributed by atoms with Gasteiger partial charge in [0.25, 0.3) is 6.43 Å². The Bertz CT molecular complexity index is 305. The highest BCUT2D eigenvalue weighted by molar-refractivity contribution is 5.41. The third-order valence-electron chi connectivity index (χ3n) is 1.86. The molecule has 0 bridgehead atoms. The van der Waals surface area contributed by atoms with Crippen LogP contribution in [-0.2, 0) is 6.54 Å². The Balaban J connectivity index is 3.14. The molecule has 0 radical (unpaired) electrons. The summed E-state index contributed by atoms with van der Waals surface area (Å²) < 4.78 is 30.0. The zero-order chi connectivity index (χ0) is 10.6. The van der Waals surface area contributed by atoms with E-state index in [1.807, 2.05) is 5.48 Å². The van der Waals surface area contributed by atoms with E-state index in [1.165, 1.54) is 19.2 Å². The van der Waals surface area contributed by atoms with E-state index >= 15 is 0 Å². The van der Waals surface area contributed by atoms with Crippen LogP contribution in [0.25, 0.3) is 0 Å². The topological polar surface area (TPSA) is 41.5 Å². The van der Waals surface area contributed by atoms with Crippen LogP contribution in [0.15, 0.2) is 18.2 Å². The Morgan fingerprint density at radius 2 is 2.21 bits per heavy atom.